The highest BCUT2D eigenvalue weighted by Crippen LogP contribution is 2.33. The number of rotatable bonds is 2. The first-order chi connectivity index (χ1) is 9.70. The van der Waals surface area contributed by atoms with Crippen molar-refractivity contribution in [2.75, 3.05) is 13.7 Å². The lowest BCUT2D eigenvalue weighted by molar-refractivity contribution is -0.358. The minimum absolute atomic E-state index is 0.272. The SMILES string of the molecule is CO[C@H]1O[C@@H]2COC(c3ccccc3)O[C@@H]2[C@H](O)[C@H]1O. The van der Waals surface area contributed by atoms with E-state index in [-0.39, 0.29) is 6.61 Å². The summed E-state index contributed by atoms with van der Waals surface area (Å²) >= 11 is 0. The maximum atomic E-state index is 10.1. The van der Waals surface area contributed by atoms with E-state index in [1.54, 1.807) is 0 Å². The molecule has 3 rings (SSSR count). The lowest BCUT2D eigenvalue weighted by Crippen LogP contribution is -2.62. The molecular formula is C14H18O6. The van der Waals surface area contributed by atoms with Gasteiger partial charge in [-0.15, -0.1) is 0 Å². The average molecular weight is 282 g/mol. The van der Waals surface area contributed by atoms with Crippen LogP contribution in [0.25, 0.3) is 0 Å². The molecule has 6 atom stereocenters. The molecule has 0 amide bonds. The highest BCUT2D eigenvalue weighted by atomic mass is 16.7. The minimum atomic E-state index is -1.14. The van der Waals surface area contributed by atoms with Crippen molar-refractivity contribution in [3.05, 3.63) is 35.9 Å². The van der Waals surface area contributed by atoms with Gasteiger partial charge in [0.25, 0.3) is 0 Å². The fourth-order valence-electron chi connectivity index (χ4n) is 2.55. The summed E-state index contributed by atoms with van der Waals surface area (Å²) in [5.74, 6) is 0. The molecule has 2 aliphatic rings. The van der Waals surface area contributed by atoms with Gasteiger partial charge < -0.3 is 29.2 Å². The molecule has 1 unspecified atom stereocenters. The van der Waals surface area contributed by atoms with Crippen LogP contribution in [-0.2, 0) is 18.9 Å². The van der Waals surface area contributed by atoms with Gasteiger partial charge in [0.05, 0.1) is 6.61 Å². The third-order valence-electron chi connectivity index (χ3n) is 3.64. The van der Waals surface area contributed by atoms with Crippen LogP contribution in [0.1, 0.15) is 11.9 Å². The standard InChI is InChI=1S/C14H18O6/c1-17-14-11(16)10(15)12-9(19-14)7-18-13(20-12)8-5-3-2-4-6-8/h2-6,9-16H,7H2,1H3/t9-,10-,11-,12+,13?,14+/m1/s1. The number of aliphatic hydroxyl groups excluding tert-OH is 2. The quantitative estimate of drug-likeness (QED) is 0.806. The van der Waals surface area contributed by atoms with Gasteiger partial charge in [-0.25, -0.2) is 0 Å². The second kappa shape index (κ2) is 5.77. The number of ether oxygens (including phenoxy) is 4. The Morgan fingerprint density at radius 1 is 1.10 bits per heavy atom. The third kappa shape index (κ3) is 2.46. The zero-order chi connectivity index (χ0) is 14.1. The van der Waals surface area contributed by atoms with Crippen molar-refractivity contribution in [1.82, 2.24) is 0 Å². The zero-order valence-corrected chi connectivity index (χ0v) is 11.1. The van der Waals surface area contributed by atoms with Crippen molar-refractivity contribution in [2.45, 2.75) is 37.0 Å². The molecule has 2 saturated heterocycles. The van der Waals surface area contributed by atoms with Crippen LogP contribution in [0.5, 0.6) is 0 Å². The van der Waals surface area contributed by atoms with Crippen molar-refractivity contribution >= 4 is 0 Å². The topological polar surface area (TPSA) is 77.4 Å². The summed E-state index contributed by atoms with van der Waals surface area (Å²) in [5.41, 5.74) is 0.863. The summed E-state index contributed by atoms with van der Waals surface area (Å²) in [4.78, 5) is 0. The Hall–Kier alpha value is -1.02. The highest BCUT2D eigenvalue weighted by molar-refractivity contribution is 5.16. The second-order valence-electron chi connectivity index (χ2n) is 4.94. The Morgan fingerprint density at radius 3 is 2.55 bits per heavy atom. The van der Waals surface area contributed by atoms with Crippen molar-refractivity contribution in [3.63, 3.8) is 0 Å². The maximum absolute atomic E-state index is 10.1. The molecule has 2 aliphatic heterocycles. The number of hydrogen-bond acceptors (Lipinski definition) is 6. The minimum Gasteiger partial charge on any atom is -0.387 e. The molecule has 0 saturated carbocycles. The summed E-state index contributed by atoms with van der Waals surface area (Å²) in [6.07, 6.45) is -4.76. The Balaban J connectivity index is 1.74. The predicted octanol–water partition coefficient (Wildman–Crippen LogP) is 0.194. The molecule has 20 heavy (non-hydrogen) atoms. The van der Waals surface area contributed by atoms with E-state index in [4.69, 9.17) is 18.9 Å². The number of hydrogen-bond donors (Lipinski definition) is 2. The largest absolute Gasteiger partial charge is 0.387 e. The molecule has 2 heterocycles. The summed E-state index contributed by atoms with van der Waals surface area (Å²) in [6, 6.07) is 9.45. The van der Waals surface area contributed by atoms with Crippen LogP contribution >= 0.6 is 0 Å². The fourth-order valence-corrected chi connectivity index (χ4v) is 2.55. The van der Waals surface area contributed by atoms with Crippen LogP contribution in [0.4, 0.5) is 0 Å². The van der Waals surface area contributed by atoms with Gasteiger partial charge in [0.15, 0.2) is 12.6 Å². The summed E-state index contributed by atoms with van der Waals surface area (Å²) in [7, 11) is 1.41. The normalized spacial score (nSPS) is 41.1. The van der Waals surface area contributed by atoms with E-state index >= 15 is 0 Å². The molecule has 0 bridgehead atoms. The molecule has 110 valence electrons. The Labute approximate surface area is 116 Å². The lowest BCUT2D eigenvalue weighted by Gasteiger charge is -2.45. The van der Waals surface area contributed by atoms with Crippen molar-refractivity contribution in [2.24, 2.45) is 0 Å². The first kappa shape index (κ1) is 13.9. The van der Waals surface area contributed by atoms with Crippen molar-refractivity contribution < 1.29 is 29.2 Å². The van der Waals surface area contributed by atoms with Gasteiger partial charge in [-0.05, 0) is 0 Å². The number of methoxy groups -OCH3 is 1. The Morgan fingerprint density at radius 2 is 1.85 bits per heavy atom. The number of aliphatic hydroxyl groups is 2. The van der Waals surface area contributed by atoms with Crippen LogP contribution in [0, 0.1) is 0 Å². The summed E-state index contributed by atoms with van der Waals surface area (Å²) in [6.45, 7) is 0.272. The predicted molar refractivity (Wildman–Crippen MR) is 67.7 cm³/mol. The highest BCUT2D eigenvalue weighted by Gasteiger charge is 2.48. The molecule has 0 spiro atoms. The first-order valence-electron chi connectivity index (χ1n) is 6.57. The maximum Gasteiger partial charge on any atom is 0.186 e. The molecule has 0 radical (unpaired) electrons. The molecule has 1 aromatic rings. The van der Waals surface area contributed by atoms with E-state index < -0.39 is 37.0 Å². The number of fused-ring (bicyclic) bond motifs is 1. The molecule has 2 N–H and O–H groups in total. The van der Waals surface area contributed by atoms with E-state index in [9.17, 15) is 10.2 Å². The van der Waals surface area contributed by atoms with Gasteiger partial charge in [-0.3, -0.25) is 0 Å². The lowest BCUT2D eigenvalue weighted by atomic mass is 9.98. The summed E-state index contributed by atoms with van der Waals surface area (Å²) < 4.78 is 21.9. The Kier molecular flexibility index (Phi) is 4.02. The van der Waals surface area contributed by atoms with Crippen molar-refractivity contribution in [1.29, 1.82) is 0 Å². The van der Waals surface area contributed by atoms with Crippen LogP contribution in [0.2, 0.25) is 0 Å². The fraction of sp³-hybridized carbons (Fsp3) is 0.571. The van der Waals surface area contributed by atoms with Gasteiger partial charge in [0.2, 0.25) is 0 Å². The van der Waals surface area contributed by atoms with Gasteiger partial charge in [0, 0.05) is 12.7 Å². The molecule has 2 fully saturated rings. The van der Waals surface area contributed by atoms with Gasteiger partial charge in [0.1, 0.15) is 24.4 Å². The van der Waals surface area contributed by atoms with Crippen LogP contribution in [0.15, 0.2) is 30.3 Å². The second-order valence-corrected chi connectivity index (χ2v) is 4.94. The van der Waals surface area contributed by atoms with Gasteiger partial charge in [-0.1, -0.05) is 30.3 Å². The molecular weight excluding hydrogens is 264 g/mol. The molecule has 0 aromatic heterocycles. The van der Waals surface area contributed by atoms with E-state index in [0.717, 1.165) is 5.56 Å². The average Bonchev–Trinajstić information content (AvgIpc) is 2.51. The third-order valence-corrected chi connectivity index (χ3v) is 3.64. The van der Waals surface area contributed by atoms with Gasteiger partial charge in [-0.2, -0.15) is 0 Å². The smallest absolute Gasteiger partial charge is 0.186 e. The van der Waals surface area contributed by atoms with E-state index in [2.05, 4.69) is 0 Å². The van der Waals surface area contributed by atoms with Gasteiger partial charge >= 0.3 is 0 Å². The zero-order valence-electron chi connectivity index (χ0n) is 11.1. The first-order valence-corrected chi connectivity index (χ1v) is 6.57. The van der Waals surface area contributed by atoms with Crippen molar-refractivity contribution in [3.8, 4) is 0 Å². The summed E-state index contributed by atoms with van der Waals surface area (Å²) in [5, 5.41) is 20.1. The molecule has 0 aliphatic carbocycles. The van der Waals surface area contributed by atoms with E-state index in [1.807, 2.05) is 30.3 Å². The monoisotopic (exact) mass is 282 g/mol. The Bertz CT molecular complexity index is 437. The molecule has 6 nitrogen and oxygen atoms in total. The number of benzene rings is 1. The van der Waals surface area contributed by atoms with Crippen LogP contribution in [0.3, 0.4) is 0 Å². The van der Waals surface area contributed by atoms with E-state index in [1.165, 1.54) is 7.11 Å². The van der Waals surface area contributed by atoms with Crippen LogP contribution in [-0.4, -0.2) is 54.6 Å². The molecule has 1 aromatic carbocycles. The molecule has 6 heteroatoms. The van der Waals surface area contributed by atoms with E-state index in [0.29, 0.717) is 0 Å². The van der Waals surface area contributed by atoms with Crippen LogP contribution < -0.4 is 0 Å².